The molecule has 0 atom stereocenters. The van der Waals surface area contributed by atoms with E-state index in [1.54, 1.807) is 17.9 Å². The Kier molecular flexibility index (Phi) is 11.2. The summed E-state index contributed by atoms with van der Waals surface area (Å²) in [4.78, 5) is 18.7. The van der Waals surface area contributed by atoms with Crippen LogP contribution in [0.5, 0.6) is 5.75 Å². The maximum absolute atomic E-state index is 12.8. The number of hydrogen-bond donors (Lipinski definition) is 0. The molecule has 172 valence electrons. The molecule has 0 radical (unpaired) electrons. The minimum Gasteiger partial charge on any atom is -0.382 e. The van der Waals surface area contributed by atoms with E-state index in [9.17, 15) is 13.2 Å². The molecule has 0 saturated heterocycles. The highest BCUT2D eigenvalue weighted by Crippen LogP contribution is 2.28. The molecular formula is C22H39N3O4S. The predicted molar refractivity (Wildman–Crippen MR) is 124 cm³/mol. The van der Waals surface area contributed by atoms with Crippen LogP contribution in [0.15, 0.2) is 18.2 Å². The lowest BCUT2D eigenvalue weighted by molar-refractivity contribution is -0.132. The molecule has 0 spiro atoms. The van der Waals surface area contributed by atoms with Gasteiger partial charge in [-0.15, -0.1) is 0 Å². The van der Waals surface area contributed by atoms with E-state index < -0.39 is 10.1 Å². The van der Waals surface area contributed by atoms with Crippen molar-refractivity contribution >= 4 is 21.7 Å². The van der Waals surface area contributed by atoms with E-state index in [0.29, 0.717) is 30.8 Å². The first-order valence-electron chi connectivity index (χ1n) is 10.9. The second kappa shape index (κ2) is 12.8. The van der Waals surface area contributed by atoms with E-state index in [1.165, 1.54) is 0 Å². The summed E-state index contributed by atoms with van der Waals surface area (Å²) in [5, 5.41) is 0. The second-order valence-corrected chi connectivity index (χ2v) is 9.48. The number of unbranched alkanes of at least 4 members (excludes halogenated alkanes) is 1. The molecule has 0 fully saturated rings. The summed E-state index contributed by atoms with van der Waals surface area (Å²) in [7, 11) is 0.259. The summed E-state index contributed by atoms with van der Waals surface area (Å²) >= 11 is 0. The molecule has 0 aliphatic carbocycles. The summed E-state index contributed by atoms with van der Waals surface area (Å²) < 4.78 is 29.8. The number of hydrogen-bond acceptors (Lipinski definition) is 6. The molecule has 1 aromatic carbocycles. The van der Waals surface area contributed by atoms with E-state index in [1.807, 2.05) is 31.1 Å². The lowest BCUT2D eigenvalue weighted by Gasteiger charge is -2.27. The number of likely N-dealkylation sites (N-methyl/N-ethyl adjacent to an activating group) is 1. The smallest absolute Gasteiger partial charge is 0.308 e. The Morgan fingerprint density at radius 2 is 1.70 bits per heavy atom. The van der Waals surface area contributed by atoms with Crippen molar-refractivity contribution in [1.82, 2.24) is 9.80 Å². The standard InChI is InChI=1S/C22H39N3O4S/c1-7-11-12-22(26)25(16-15-23(5)6)18-19-13-14-20(24(8-2)9-3)17-21(19)29-30(27,28)10-4/h13-14,17H,7-12,15-16,18H2,1-6H3. The summed E-state index contributed by atoms with van der Waals surface area (Å²) in [6.07, 6.45) is 2.28. The third-order valence-corrected chi connectivity index (χ3v) is 6.17. The van der Waals surface area contributed by atoms with E-state index in [2.05, 4.69) is 25.7 Å². The Morgan fingerprint density at radius 3 is 2.23 bits per heavy atom. The summed E-state index contributed by atoms with van der Waals surface area (Å²) in [5.74, 6) is 0.275. The van der Waals surface area contributed by atoms with E-state index >= 15 is 0 Å². The number of anilines is 1. The fourth-order valence-electron chi connectivity index (χ4n) is 3.04. The normalized spacial score (nSPS) is 11.6. The van der Waals surface area contributed by atoms with Gasteiger partial charge in [0.2, 0.25) is 5.91 Å². The lowest BCUT2D eigenvalue weighted by atomic mass is 10.1. The van der Waals surface area contributed by atoms with Gasteiger partial charge in [-0.05, 0) is 47.4 Å². The van der Waals surface area contributed by atoms with Gasteiger partial charge in [-0.3, -0.25) is 4.79 Å². The van der Waals surface area contributed by atoms with Crippen molar-refractivity contribution < 1.29 is 17.4 Å². The zero-order valence-corrected chi connectivity index (χ0v) is 20.3. The SMILES string of the molecule is CCCCC(=O)N(CCN(C)C)Cc1ccc(N(CC)CC)cc1OS(=O)(=O)CC. The summed E-state index contributed by atoms with van der Waals surface area (Å²) in [5.41, 5.74) is 1.61. The third kappa shape index (κ3) is 8.52. The highest BCUT2D eigenvalue weighted by atomic mass is 32.2. The van der Waals surface area contributed by atoms with Crippen molar-refractivity contribution in [2.24, 2.45) is 0 Å². The maximum atomic E-state index is 12.8. The minimum atomic E-state index is -3.68. The van der Waals surface area contributed by atoms with Gasteiger partial charge in [0.1, 0.15) is 5.75 Å². The molecule has 1 aromatic rings. The van der Waals surface area contributed by atoms with E-state index in [4.69, 9.17) is 4.18 Å². The number of amides is 1. The van der Waals surface area contributed by atoms with Gasteiger partial charge in [-0.1, -0.05) is 19.4 Å². The first-order valence-corrected chi connectivity index (χ1v) is 12.5. The average Bonchev–Trinajstić information content (AvgIpc) is 2.71. The first-order chi connectivity index (χ1) is 14.2. The zero-order chi connectivity index (χ0) is 22.7. The molecular weight excluding hydrogens is 402 g/mol. The Labute approximate surface area is 183 Å². The van der Waals surface area contributed by atoms with Crippen molar-refractivity contribution in [2.45, 2.75) is 53.5 Å². The molecule has 0 heterocycles. The van der Waals surface area contributed by atoms with Crippen molar-refractivity contribution in [3.05, 3.63) is 23.8 Å². The highest BCUT2D eigenvalue weighted by Gasteiger charge is 2.20. The van der Waals surface area contributed by atoms with Gasteiger partial charge < -0.3 is 18.9 Å². The van der Waals surface area contributed by atoms with Gasteiger partial charge >= 0.3 is 10.1 Å². The van der Waals surface area contributed by atoms with Crippen molar-refractivity contribution in [2.75, 3.05) is 50.9 Å². The molecule has 0 N–H and O–H groups in total. The molecule has 0 aliphatic rings. The fourth-order valence-corrected chi connectivity index (χ4v) is 3.58. The molecule has 0 unspecified atom stereocenters. The number of carbonyl (C=O) groups is 1. The maximum Gasteiger partial charge on any atom is 0.308 e. The van der Waals surface area contributed by atoms with Gasteiger partial charge in [0.15, 0.2) is 0 Å². The molecule has 0 saturated carbocycles. The number of benzene rings is 1. The predicted octanol–water partition coefficient (Wildman–Crippen LogP) is 3.34. The largest absolute Gasteiger partial charge is 0.382 e. The van der Waals surface area contributed by atoms with Crippen molar-refractivity contribution in [1.29, 1.82) is 0 Å². The van der Waals surface area contributed by atoms with Crippen LogP contribution < -0.4 is 9.08 Å². The first kappa shape index (κ1) is 26.2. The molecule has 30 heavy (non-hydrogen) atoms. The monoisotopic (exact) mass is 441 g/mol. The number of carbonyl (C=O) groups excluding carboxylic acids is 1. The van der Waals surface area contributed by atoms with Crippen molar-refractivity contribution in [3.63, 3.8) is 0 Å². The summed E-state index contributed by atoms with van der Waals surface area (Å²) in [6, 6.07) is 5.62. The Balaban J connectivity index is 3.26. The van der Waals surface area contributed by atoms with Crippen LogP contribution in [0.2, 0.25) is 0 Å². The second-order valence-electron chi connectivity index (χ2n) is 7.62. The van der Waals surface area contributed by atoms with Gasteiger partial charge in [0.25, 0.3) is 0 Å². The van der Waals surface area contributed by atoms with Crippen LogP contribution in [0, 0.1) is 0 Å². The topological polar surface area (TPSA) is 70.2 Å². The average molecular weight is 442 g/mol. The molecule has 0 bridgehead atoms. The fraction of sp³-hybridized carbons (Fsp3) is 0.682. The van der Waals surface area contributed by atoms with Crippen LogP contribution in [0.3, 0.4) is 0 Å². The van der Waals surface area contributed by atoms with Crippen LogP contribution >= 0.6 is 0 Å². The Bertz CT molecular complexity index is 762. The van der Waals surface area contributed by atoms with Gasteiger partial charge in [-0.2, -0.15) is 8.42 Å². The van der Waals surface area contributed by atoms with Gasteiger partial charge in [0, 0.05) is 56.5 Å². The van der Waals surface area contributed by atoms with Crippen LogP contribution in [0.4, 0.5) is 5.69 Å². The lowest BCUT2D eigenvalue weighted by Crippen LogP contribution is -2.36. The van der Waals surface area contributed by atoms with Gasteiger partial charge in [-0.25, -0.2) is 0 Å². The van der Waals surface area contributed by atoms with E-state index in [0.717, 1.165) is 38.2 Å². The quantitative estimate of drug-likeness (QED) is 0.413. The summed E-state index contributed by atoms with van der Waals surface area (Å²) in [6.45, 7) is 11.0. The van der Waals surface area contributed by atoms with Crippen LogP contribution in [0.25, 0.3) is 0 Å². The van der Waals surface area contributed by atoms with Crippen LogP contribution in [0.1, 0.15) is 52.5 Å². The third-order valence-electron chi connectivity index (χ3n) is 5.02. The number of nitrogens with zero attached hydrogens (tertiary/aromatic N) is 3. The molecule has 1 amide bonds. The molecule has 0 aromatic heterocycles. The Hall–Kier alpha value is -1.80. The molecule has 8 heteroatoms. The molecule has 1 rings (SSSR count). The molecule has 7 nitrogen and oxygen atoms in total. The number of rotatable bonds is 14. The van der Waals surface area contributed by atoms with E-state index in [-0.39, 0.29) is 11.7 Å². The Morgan fingerprint density at radius 1 is 1.03 bits per heavy atom. The van der Waals surface area contributed by atoms with Gasteiger partial charge in [0.05, 0.1) is 5.75 Å². The highest BCUT2D eigenvalue weighted by molar-refractivity contribution is 7.87. The van der Waals surface area contributed by atoms with Crippen LogP contribution in [-0.4, -0.2) is 70.2 Å². The van der Waals surface area contributed by atoms with Crippen molar-refractivity contribution in [3.8, 4) is 5.75 Å². The minimum absolute atomic E-state index is 0.0795. The molecule has 0 aliphatic heterocycles. The van der Waals surface area contributed by atoms with Crippen LogP contribution in [-0.2, 0) is 21.5 Å². The zero-order valence-electron chi connectivity index (χ0n) is 19.5.